The number of piperidine rings is 1. The zero-order valence-corrected chi connectivity index (χ0v) is 18.0. The summed E-state index contributed by atoms with van der Waals surface area (Å²) in [6, 6.07) is 11.3. The molecule has 2 aliphatic heterocycles. The molecule has 3 heterocycles. The van der Waals surface area contributed by atoms with E-state index in [9.17, 15) is 9.59 Å². The molecule has 2 aromatic rings. The first-order valence-corrected chi connectivity index (χ1v) is 11.2. The Bertz CT molecular complexity index is 927. The van der Waals surface area contributed by atoms with Gasteiger partial charge in [-0.3, -0.25) is 4.79 Å². The number of carbonyl (C=O) groups excluding carboxylic acids is 2. The van der Waals surface area contributed by atoms with Gasteiger partial charge in [-0.15, -0.1) is 0 Å². The van der Waals surface area contributed by atoms with Crippen LogP contribution in [0.5, 0.6) is 5.88 Å². The second-order valence-corrected chi connectivity index (χ2v) is 8.12. The smallest absolute Gasteiger partial charge is 0.321 e. The van der Waals surface area contributed by atoms with Crippen molar-refractivity contribution in [3.63, 3.8) is 0 Å². The number of pyridine rings is 1. The van der Waals surface area contributed by atoms with Crippen LogP contribution in [0.1, 0.15) is 48.5 Å². The molecule has 1 N–H and O–H groups in total. The van der Waals surface area contributed by atoms with Crippen molar-refractivity contribution in [1.82, 2.24) is 14.8 Å². The third-order valence-electron chi connectivity index (χ3n) is 6.00. The van der Waals surface area contributed by atoms with Crippen LogP contribution in [-0.4, -0.2) is 59.0 Å². The molecule has 2 fully saturated rings. The van der Waals surface area contributed by atoms with E-state index in [4.69, 9.17) is 4.74 Å². The molecule has 31 heavy (non-hydrogen) atoms. The van der Waals surface area contributed by atoms with E-state index in [1.807, 2.05) is 29.2 Å². The number of benzene rings is 1. The normalized spacial score (nSPS) is 18.7. The van der Waals surface area contributed by atoms with E-state index < -0.39 is 0 Å². The summed E-state index contributed by atoms with van der Waals surface area (Å²) >= 11 is 0. The van der Waals surface area contributed by atoms with E-state index in [1.54, 1.807) is 23.2 Å². The maximum absolute atomic E-state index is 13.0. The summed E-state index contributed by atoms with van der Waals surface area (Å²) in [6.07, 6.45) is 6.26. The topological polar surface area (TPSA) is 74.8 Å². The minimum absolute atomic E-state index is 0.0217. The molecule has 2 aliphatic rings. The summed E-state index contributed by atoms with van der Waals surface area (Å²) < 4.78 is 6.11. The Kier molecular flexibility index (Phi) is 6.70. The van der Waals surface area contributed by atoms with Gasteiger partial charge in [-0.05, 0) is 49.4 Å². The van der Waals surface area contributed by atoms with Gasteiger partial charge in [0.15, 0.2) is 0 Å². The third kappa shape index (κ3) is 4.98. The Labute approximate surface area is 183 Å². The molecule has 1 atom stereocenters. The van der Waals surface area contributed by atoms with E-state index in [0.717, 1.165) is 43.6 Å². The van der Waals surface area contributed by atoms with Gasteiger partial charge in [0.25, 0.3) is 5.91 Å². The molecule has 1 aromatic heterocycles. The minimum atomic E-state index is -0.185. The highest BCUT2D eigenvalue weighted by atomic mass is 16.5. The quantitative estimate of drug-likeness (QED) is 0.792. The Morgan fingerprint density at radius 2 is 1.87 bits per heavy atom. The zero-order valence-electron chi connectivity index (χ0n) is 18.0. The van der Waals surface area contributed by atoms with Crippen molar-refractivity contribution in [3.05, 3.63) is 53.7 Å². The molecule has 0 bridgehead atoms. The number of nitrogens with zero attached hydrogens (tertiary/aromatic N) is 3. The van der Waals surface area contributed by atoms with Gasteiger partial charge >= 0.3 is 6.03 Å². The molecule has 7 nitrogen and oxygen atoms in total. The SMILES string of the molecule is CCc1ccccc1NC(=O)N1CCC(Oc2ncccc2C(=O)N2CCCCC2)C1. The number of carbonyl (C=O) groups is 2. The molecule has 0 aliphatic carbocycles. The minimum Gasteiger partial charge on any atom is -0.472 e. The Morgan fingerprint density at radius 1 is 1.06 bits per heavy atom. The first kappa shape index (κ1) is 21.2. The number of likely N-dealkylation sites (tertiary alicyclic amines) is 2. The maximum Gasteiger partial charge on any atom is 0.321 e. The number of nitrogens with one attached hydrogen (secondary N) is 1. The maximum atomic E-state index is 13.0. The van der Waals surface area contributed by atoms with Crippen molar-refractivity contribution >= 4 is 17.6 Å². The number of hydrogen-bond donors (Lipinski definition) is 1. The summed E-state index contributed by atoms with van der Waals surface area (Å²) in [6.45, 7) is 4.70. The molecular weight excluding hydrogens is 392 g/mol. The second kappa shape index (κ2) is 9.81. The van der Waals surface area contributed by atoms with E-state index in [1.165, 1.54) is 6.42 Å². The monoisotopic (exact) mass is 422 g/mol. The van der Waals surface area contributed by atoms with Gasteiger partial charge in [-0.1, -0.05) is 25.1 Å². The van der Waals surface area contributed by atoms with E-state index in [-0.39, 0.29) is 18.0 Å². The van der Waals surface area contributed by atoms with Crippen LogP contribution in [0.25, 0.3) is 0 Å². The zero-order chi connectivity index (χ0) is 21.6. The van der Waals surface area contributed by atoms with Crippen LogP contribution >= 0.6 is 0 Å². The third-order valence-corrected chi connectivity index (χ3v) is 6.00. The number of aromatic nitrogens is 1. The van der Waals surface area contributed by atoms with Crippen LogP contribution in [0.2, 0.25) is 0 Å². The number of amides is 3. The number of hydrogen-bond acceptors (Lipinski definition) is 4. The summed E-state index contributed by atoms with van der Waals surface area (Å²) in [5, 5.41) is 3.02. The van der Waals surface area contributed by atoms with Crippen molar-refractivity contribution in [2.75, 3.05) is 31.5 Å². The predicted octanol–water partition coefficient (Wildman–Crippen LogP) is 3.96. The lowest BCUT2D eigenvalue weighted by atomic mass is 10.1. The van der Waals surface area contributed by atoms with Gasteiger partial charge in [0.2, 0.25) is 5.88 Å². The predicted molar refractivity (Wildman–Crippen MR) is 119 cm³/mol. The molecule has 164 valence electrons. The van der Waals surface area contributed by atoms with Crippen LogP contribution in [-0.2, 0) is 6.42 Å². The fraction of sp³-hybridized carbons (Fsp3) is 0.458. The lowest BCUT2D eigenvalue weighted by molar-refractivity contribution is 0.0715. The van der Waals surface area contributed by atoms with Crippen LogP contribution in [0, 0.1) is 0 Å². The summed E-state index contributed by atoms with van der Waals surface area (Å²) in [5.41, 5.74) is 2.46. The number of rotatable bonds is 5. The lowest BCUT2D eigenvalue weighted by Gasteiger charge is -2.27. The highest BCUT2D eigenvalue weighted by Gasteiger charge is 2.30. The van der Waals surface area contributed by atoms with Gasteiger partial charge in [0.1, 0.15) is 11.7 Å². The molecule has 0 spiro atoms. The fourth-order valence-corrected chi connectivity index (χ4v) is 4.23. The molecule has 0 radical (unpaired) electrons. The van der Waals surface area contributed by atoms with Gasteiger partial charge in [0.05, 0.1) is 6.54 Å². The molecule has 4 rings (SSSR count). The average molecular weight is 423 g/mol. The Morgan fingerprint density at radius 3 is 2.68 bits per heavy atom. The fourth-order valence-electron chi connectivity index (χ4n) is 4.23. The summed E-state index contributed by atoms with van der Waals surface area (Å²) in [5.74, 6) is 0.341. The Balaban J connectivity index is 1.38. The van der Waals surface area contributed by atoms with Crippen molar-refractivity contribution in [2.24, 2.45) is 0 Å². The van der Waals surface area contributed by atoms with Gasteiger partial charge in [-0.2, -0.15) is 0 Å². The standard InChI is InChI=1S/C24H30N4O3/c1-2-18-9-4-5-11-21(18)26-24(30)28-16-12-19(17-28)31-22-20(10-8-13-25-22)23(29)27-14-6-3-7-15-27/h4-5,8-11,13,19H,2-3,6-7,12,14-17H2,1H3,(H,26,30). The average Bonchev–Trinajstić information content (AvgIpc) is 3.28. The molecule has 3 amide bonds. The van der Waals surface area contributed by atoms with Crippen LogP contribution < -0.4 is 10.1 Å². The number of anilines is 1. The largest absolute Gasteiger partial charge is 0.472 e. The van der Waals surface area contributed by atoms with E-state index >= 15 is 0 Å². The van der Waals surface area contributed by atoms with Gasteiger partial charge in [-0.25, -0.2) is 9.78 Å². The van der Waals surface area contributed by atoms with Crippen molar-refractivity contribution in [3.8, 4) is 5.88 Å². The first-order chi connectivity index (χ1) is 15.2. The van der Waals surface area contributed by atoms with Crippen molar-refractivity contribution in [1.29, 1.82) is 0 Å². The molecule has 1 aromatic carbocycles. The first-order valence-electron chi connectivity index (χ1n) is 11.2. The number of ether oxygens (including phenoxy) is 1. The van der Waals surface area contributed by atoms with Crippen molar-refractivity contribution in [2.45, 2.75) is 45.1 Å². The number of para-hydroxylation sites is 1. The van der Waals surface area contributed by atoms with Gasteiger partial charge < -0.3 is 19.9 Å². The van der Waals surface area contributed by atoms with Crippen LogP contribution in [0.15, 0.2) is 42.6 Å². The molecule has 2 saturated heterocycles. The highest BCUT2D eigenvalue weighted by molar-refractivity contribution is 5.96. The lowest BCUT2D eigenvalue weighted by Crippen LogP contribution is -2.36. The highest BCUT2D eigenvalue weighted by Crippen LogP contribution is 2.24. The Hall–Kier alpha value is -3.09. The molecule has 7 heteroatoms. The van der Waals surface area contributed by atoms with Gasteiger partial charge in [0, 0.05) is 37.9 Å². The molecule has 0 saturated carbocycles. The molecule has 1 unspecified atom stereocenters. The van der Waals surface area contributed by atoms with E-state index in [2.05, 4.69) is 17.2 Å². The van der Waals surface area contributed by atoms with E-state index in [0.29, 0.717) is 31.0 Å². The van der Waals surface area contributed by atoms with Crippen LogP contribution in [0.3, 0.4) is 0 Å². The number of urea groups is 1. The number of aryl methyl sites for hydroxylation is 1. The van der Waals surface area contributed by atoms with Crippen molar-refractivity contribution < 1.29 is 14.3 Å². The second-order valence-electron chi connectivity index (χ2n) is 8.12. The summed E-state index contributed by atoms with van der Waals surface area (Å²) in [7, 11) is 0. The van der Waals surface area contributed by atoms with Crippen LogP contribution in [0.4, 0.5) is 10.5 Å². The summed E-state index contributed by atoms with van der Waals surface area (Å²) in [4.78, 5) is 33.7. The molecular formula is C24H30N4O3.